The molecule has 26 heavy (non-hydrogen) atoms. The zero-order valence-electron chi connectivity index (χ0n) is 17.2. The molecule has 1 rings (SSSR count). The number of ether oxygens (including phenoxy) is 2. The molecule has 0 aromatic rings. The summed E-state index contributed by atoms with van der Waals surface area (Å²) in [6.07, 6.45) is 5.81. The average Bonchev–Trinajstić information content (AvgIpc) is 2.63. The van der Waals surface area contributed by atoms with E-state index >= 15 is 0 Å². The summed E-state index contributed by atoms with van der Waals surface area (Å²) in [6.45, 7) is 10.9. The standard InChI is InChI=1S/C21H39NO4.H2/c1-5-17(4)21(24)18-7-9-19(10-8-18)22-20(23)11-14-25-12-6-13-26-15-16(2)3;/h16-19H,5-15H2,1-4H3,(H,22,23);1H. The monoisotopic (exact) mass is 371 g/mol. The molecule has 0 aromatic heterocycles. The molecule has 0 radical (unpaired) electrons. The topological polar surface area (TPSA) is 64.6 Å². The summed E-state index contributed by atoms with van der Waals surface area (Å²) < 4.78 is 11.0. The van der Waals surface area contributed by atoms with Gasteiger partial charge in [-0.2, -0.15) is 0 Å². The van der Waals surface area contributed by atoms with E-state index in [1.54, 1.807) is 0 Å². The number of rotatable bonds is 13. The molecule has 5 nitrogen and oxygen atoms in total. The largest absolute Gasteiger partial charge is 0.381 e. The first kappa shape index (κ1) is 23.1. The van der Waals surface area contributed by atoms with Gasteiger partial charge in [-0.15, -0.1) is 0 Å². The second kappa shape index (κ2) is 13.3. The molecule has 0 heterocycles. The molecule has 1 amide bonds. The smallest absolute Gasteiger partial charge is 0.222 e. The SMILES string of the molecule is CCC(C)C(=O)C1CCC(NC(=O)CCOCCCOCC(C)C)CC1.[HH]. The van der Waals surface area contributed by atoms with Gasteiger partial charge in [-0.25, -0.2) is 0 Å². The van der Waals surface area contributed by atoms with Gasteiger partial charge >= 0.3 is 0 Å². The van der Waals surface area contributed by atoms with Crippen LogP contribution in [0.4, 0.5) is 0 Å². The van der Waals surface area contributed by atoms with Crippen molar-refractivity contribution in [3.8, 4) is 0 Å². The highest BCUT2D eigenvalue weighted by Crippen LogP contribution is 2.28. The number of carbonyl (C=O) groups is 2. The number of hydrogen-bond donors (Lipinski definition) is 1. The number of nitrogens with one attached hydrogen (secondary N) is 1. The van der Waals surface area contributed by atoms with Gasteiger partial charge in [0.05, 0.1) is 6.61 Å². The van der Waals surface area contributed by atoms with Crippen LogP contribution < -0.4 is 5.32 Å². The Hall–Kier alpha value is -0.940. The van der Waals surface area contributed by atoms with Gasteiger partial charge in [-0.05, 0) is 44.4 Å². The van der Waals surface area contributed by atoms with Crippen LogP contribution in [0.2, 0.25) is 0 Å². The fraction of sp³-hybridized carbons (Fsp3) is 0.905. The van der Waals surface area contributed by atoms with Crippen LogP contribution in [0.5, 0.6) is 0 Å². The van der Waals surface area contributed by atoms with E-state index in [1.807, 2.05) is 6.92 Å². The van der Waals surface area contributed by atoms with E-state index in [4.69, 9.17) is 9.47 Å². The summed E-state index contributed by atoms with van der Waals surface area (Å²) in [4.78, 5) is 24.3. The van der Waals surface area contributed by atoms with E-state index in [2.05, 4.69) is 26.1 Å². The fourth-order valence-electron chi connectivity index (χ4n) is 3.27. The minimum Gasteiger partial charge on any atom is -0.381 e. The lowest BCUT2D eigenvalue weighted by molar-refractivity contribution is -0.127. The molecule has 1 aliphatic carbocycles. The molecule has 1 aliphatic rings. The molecule has 1 saturated carbocycles. The Morgan fingerprint density at radius 2 is 1.69 bits per heavy atom. The molecule has 0 saturated heterocycles. The molecule has 1 atom stereocenters. The van der Waals surface area contributed by atoms with E-state index in [1.165, 1.54) is 0 Å². The predicted octanol–water partition coefficient (Wildman–Crippen LogP) is 3.99. The van der Waals surface area contributed by atoms with Crippen LogP contribution in [0.15, 0.2) is 0 Å². The maximum atomic E-state index is 12.2. The Bertz CT molecular complexity index is 409. The first-order chi connectivity index (χ1) is 12.4. The molecule has 1 fully saturated rings. The van der Waals surface area contributed by atoms with E-state index in [9.17, 15) is 9.59 Å². The first-order valence-electron chi connectivity index (χ1n) is 10.4. The summed E-state index contributed by atoms with van der Waals surface area (Å²) in [7, 11) is 0. The van der Waals surface area contributed by atoms with Gasteiger partial charge in [0.25, 0.3) is 0 Å². The quantitative estimate of drug-likeness (QED) is 0.497. The highest BCUT2D eigenvalue weighted by atomic mass is 16.5. The van der Waals surface area contributed by atoms with Crippen molar-refractivity contribution in [1.82, 2.24) is 5.32 Å². The molecule has 154 valence electrons. The maximum Gasteiger partial charge on any atom is 0.222 e. The number of Topliss-reactive ketones (excluding diaryl/α,β-unsaturated/α-hetero) is 1. The predicted molar refractivity (Wildman–Crippen MR) is 106 cm³/mol. The van der Waals surface area contributed by atoms with Crippen LogP contribution in [-0.4, -0.2) is 44.2 Å². The van der Waals surface area contributed by atoms with Crippen molar-refractivity contribution in [2.24, 2.45) is 17.8 Å². The normalized spacial score (nSPS) is 21.6. The number of carbonyl (C=O) groups excluding carboxylic acids is 2. The molecule has 1 unspecified atom stereocenters. The summed E-state index contributed by atoms with van der Waals surface area (Å²) in [5.41, 5.74) is 0. The van der Waals surface area contributed by atoms with Gasteiger partial charge in [0.2, 0.25) is 5.91 Å². The van der Waals surface area contributed by atoms with Crippen LogP contribution in [0.3, 0.4) is 0 Å². The van der Waals surface area contributed by atoms with Gasteiger partial charge in [0.15, 0.2) is 0 Å². The zero-order chi connectivity index (χ0) is 19.4. The third-order valence-electron chi connectivity index (χ3n) is 5.09. The van der Waals surface area contributed by atoms with Crippen LogP contribution in [0, 0.1) is 17.8 Å². The van der Waals surface area contributed by atoms with E-state index in [-0.39, 0.29) is 25.2 Å². The molecule has 0 aromatic carbocycles. The molecule has 5 heteroatoms. The number of hydrogen-bond acceptors (Lipinski definition) is 4. The van der Waals surface area contributed by atoms with Gasteiger partial charge in [-0.1, -0.05) is 27.7 Å². The minimum atomic E-state index is 0. The number of ketones is 1. The lowest BCUT2D eigenvalue weighted by Crippen LogP contribution is -2.39. The summed E-state index contributed by atoms with van der Waals surface area (Å²) in [5.74, 6) is 1.38. The van der Waals surface area contributed by atoms with Crippen LogP contribution in [-0.2, 0) is 19.1 Å². The molecule has 0 bridgehead atoms. The highest BCUT2D eigenvalue weighted by Gasteiger charge is 2.28. The molecular weight excluding hydrogens is 330 g/mol. The summed E-state index contributed by atoms with van der Waals surface area (Å²) in [5, 5.41) is 3.09. The van der Waals surface area contributed by atoms with Crippen LogP contribution in [0.1, 0.15) is 74.1 Å². The summed E-state index contributed by atoms with van der Waals surface area (Å²) >= 11 is 0. The second-order valence-electron chi connectivity index (χ2n) is 8.01. The van der Waals surface area contributed by atoms with Crippen molar-refractivity contribution in [3.05, 3.63) is 0 Å². The molecule has 0 spiro atoms. The van der Waals surface area contributed by atoms with Gasteiger partial charge < -0.3 is 14.8 Å². The van der Waals surface area contributed by atoms with Crippen molar-refractivity contribution >= 4 is 11.7 Å². The highest BCUT2D eigenvalue weighted by molar-refractivity contribution is 5.83. The van der Waals surface area contributed by atoms with Crippen molar-refractivity contribution in [3.63, 3.8) is 0 Å². The van der Waals surface area contributed by atoms with Crippen LogP contribution >= 0.6 is 0 Å². The fourth-order valence-corrected chi connectivity index (χ4v) is 3.27. The first-order valence-corrected chi connectivity index (χ1v) is 10.4. The second-order valence-corrected chi connectivity index (χ2v) is 8.01. The van der Waals surface area contributed by atoms with E-state index in [0.717, 1.165) is 45.1 Å². The van der Waals surface area contributed by atoms with E-state index < -0.39 is 0 Å². The van der Waals surface area contributed by atoms with Gasteiger partial charge in [0, 0.05) is 45.5 Å². The number of amides is 1. The molecular formula is C21H41NO4. The Kier molecular flexibility index (Phi) is 11.8. The van der Waals surface area contributed by atoms with Crippen molar-refractivity contribution in [2.75, 3.05) is 26.4 Å². The maximum absolute atomic E-state index is 12.2. The lowest BCUT2D eigenvalue weighted by atomic mass is 9.79. The molecule has 0 aliphatic heterocycles. The Labute approximate surface area is 161 Å². The zero-order valence-corrected chi connectivity index (χ0v) is 17.2. The van der Waals surface area contributed by atoms with Gasteiger partial charge in [0.1, 0.15) is 5.78 Å². The Morgan fingerprint density at radius 1 is 1.04 bits per heavy atom. The van der Waals surface area contributed by atoms with Crippen molar-refractivity contribution in [2.45, 2.75) is 78.7 Å². The third-order valence-corrected chi connectivity index (χ3v) is 5.09. The van der Waals surface area contributed by atoms with Crippen molar-refractivity contribution in [1.29, 1.82) is 0 Å². The minimum absolute atomic E-state index is 0. The average molecular weight is 372 g/mol. The van der Waals surface area contributed by atoms with Crippen LogP contribution in [0.25, 0.3) is 0 Å². The van der Waals surface area contributed by atoms with E-state index in [0.29, 0.717) is 37.9 Å². The van der Waals surface area contributed by atoms with Gasteiger partial charge in [-0.3, -0.25) is 9.59 Å². The molecule has 1 N–H and O–H groups in total. The lowest BCUT2D eigenvalue weighted by Gasteiger charge is -2.29. The van der Waals surface area contributed by atoms with Crippen molar-refractivity contribution < 1.29 is 20.5 Å². The third kappa shape index (κ3) is 9.67. The Morgan fingerprint density at radius 3 is 2.31 bits per heavy atom. The Balaban J connectivity index is 0.00000676. The summed E-state index contributed by atoms with van der Waals surface area (Å²) in [6, 6.07) is 0.216.